The van der Waals surface area contributed by atoms with Gasteiger partial charge in [0.1, 0.15) is 5.75 Å². The SMILES string of the molecule is CCOc1ccccc1C(=O)NS(=O)(=O)c1ccc(C)cc1C. The first-order valence-electron chi connectivity index (χ1n) is 7.21. The summed E-state index contributed by atoms with van der Waals surface area (Å²) in [4.78, 5) is 12.4. The van der Waals surface area contributed by atoms with Gasteiger partial charge < -0.3 is 4.74 Å². The number of carbonyl (C=O) groups excluding carboxylic acids is 1. The lowest BCUT2D eigenvalue weighted by atomic mass is 10.2. The van der Waals surface area contributed by atoms with Crippen molar-refractivity contribution >= 4 is 15.9 Å². The number of amides is 1. The Morgan fingerprint density at radius 2 is 1.83 bits per heavy atom. The molecule has 0 heterocycles. The van der Waals surface area contributed by atoms with Crippen LogP contribution in [0.25, 0.3) is 0 Å². The van der Waals surface area contributed by atoms with Gasteiger partial charge in [-0.3, -0.25) is 4.79 Å². The number of ether oxygens (including phenoxy) is 1. The number of sulfonamides is 1. The third kappa shape index (κ3) is 3.90. The van der Waals surface area contributed by atoms with Crippen molar-refractivity contribution in [2.24, 2.45) is 0 Å². The summed E-state index contributed by atoms with van der Waals surface area (Å²) in [5.74, 6) is -0.364. The van der Waals surface area contributed by atoms with E-state index in [4.69, 9.17) is 4.74 Å². The van der Waals surface area contributed by atoms with Gasteiger partial charge in [0.25, 0.3) is 15.9 Å². The third-order valence-electron chi connectivity index (χ3n) is 3.28. The van der Waals surface area contributed by atoms with Crippen LogP contribution < -0.4 is 9.46 Å². The predicted molar refractivity (Wildman–Crippen MR) is 88.2 cm³/mol. The van der Waals surface area contributed by atoms with Crippen LogP contribution in [-0.4, -0.2) is 20.9 Å². The van der Waals surface area contributed by atoms with E-state index in [2.05, 4.69) is 4.72 Å². The van der Waals surface area contributed by atoms with Crippen molar-refractivity contribution in [2.45, 2.75) is 25.7 Å². The predicted octanol–water partition coefficient (Wildman–Crippen LogP) is 2.82. The summed E-state index contributed by atoms with van der Waals surface area (Å²) in [5, 5.41) is 0. The lowest BCUT2D eigenvalue weighted by Crippen LogP contribution is -2.31. The number of rotatable bonds is 5. The number of nitrogens with one attached hydrogen (secondary N) is 1. The Balaban J connectivity index is 2.32. The van der Waals surface area contributed by atoms with Crippen molar-refractivity contribution in [3.63, 3.8) is 0 Å². The zero-order chi connectivity index (χ0) is 17.0. The molecular formula is C17H19NO4S. The Bertz CT molecular complexity index is 828. The van der Waals surface area contributed by atoms with Gasteiger partial charge in [-0.25, -0.2) is 13.1 Å². The highest BCUT2D eigenvalue weighted by molar-refractivity contribution is 7.90. The molecule has 0 aliphatic carbocycles. The van der Waals surface area contributed by atoms with E-state index in [1.165, 1.54) is 12.1 Å². The molecule has 0 atom stereocenters. The van der Waals surface area contributed by atoms with Crippen molar-refractivity contribution in [3.05, 3.63) is 59.2 Å². The molecule has 0 bridgehead atoms. The second-order valence-corrected chi connectivity index (χ2v) is 6.78. The smallest absolute Gasteiger partial charge is 0.268 e. The fourth-order valence-corrected chi connectivity index (χ4v) is 3.46. The summed E-state index contributed by atoms with van der Waals surface area (Å²) in [6.07, 6.45) is 0. The molecule has 1 N–H and O–H groups in total. The molecule has 2 aromatic carbocycles. The van der Waals surface area contributed by atoms with Crippen LogP contribution in [0.3, 0.4) is 0 Å². The summed E-state index contributed by atoms with van der Waals surface area (Å²) in [6.45, 7) is 5.75. The number of carbonyl (C=O) groups is 1. The van der Waals surface area contributed by atoms with Gasteiger partial charge in [-0.05, 0) is 44.5 Å². The van der Waals surface area contributed by atoms with Crippen LogP contribution in [0, 0.1) is 13.8 Å². The van der Waals surface area contributed by atoms with Gasteiger partial charge in [0.05, 0.1) is 17.1 Å². The summed E-state index contributed by atoms with van der Waals surface area (Å²) < 4.78 is 32.4. The molecule has 6 heteroatoms. The highest BCUT2D eigenvalue weighted by Gasteiger charge is 2.22. The summed E-state index contributed by atoms with van der Waals surface area (Å²) in [6, 6.07) is 11.5. The fourth-order valence-electron chi connectivity index (χ4n) is 2.27. The molecule has 23 heavy (non-hydrogen) atoms. The molecule has 1 amide bonds. The minimum absolute atomic E-state index is 0.0883. The average molecular weight is 333 g/mol. The average Bonchev–Trinajstić information content (AvgIpc) is 2.47. The number of benzene rings is 2. The lowest BCUT2D eigenvalue weighted by Gasteiger charge is -2.12. The largest absolute Gasteiger partial charge is 0.493 e. The van der Waals surface area contributed by atoms with E-state index in [9.17, 15) is 13.2 Å². The molecule has 0 unspecified atom stereocenters. The topological polar surface area (TPSA) is 72.5 Å². The molecule has 122 valence electrons. The molecular weight excluding hydrogens is 314 g/mol. The number of para-hydroxylation sites is 1. The first kappa shape index (κ1) is 17.0. The van der Waals surface area contributed by atoms with Gasteiger partial charge in [0.15, 0.2) is 0 Å². The zero-order valence-electron chi connectivity index (χ0n) is 13.3. The molecule has 0 saturated heterocycles. The van der Waals surface area contributed by atoms with E-state index in [-0.39, 0.29) is 10.5 Å². The first-order valence-corrected chi connectivity index (χ1v) is 8.69. The van der Waals surface area contributed by atoms with Gasteiger partial charge in [0, 0.05) is 0 Å². The highest BCUT2D eigenvalue weighted by atomic mass is 32.2. The fraction of sp³-hybridized carbons (Fsp3) is 0.235. The quantitative estimate of drug-likeness (QED) is 0.913. The Labute approximate surface area is 136 Å². The van der Waals surface area contributed by atoms with Crippen molar-refractivity contribution < 1.29 is 17.9 Å². The minimum Gasteiger partial charge on any atom is -0.493 e. The van der Waals surface area contributed by atoms with E-state index in [0.29, 0.717) is 17.9 Å². The van der Waals surface area contributed by atoms with Crippen molar-refractivity contribution in [3.8, 4) is 5.75 Å². The maximum atomic E-state index is 12.4. The number of hydrogen-bond donors (Lipinski definition) is 1. The molecule has 0 saturated carbocycles. The molecule has 0 radical (unpaired) electrons. The number of aryl methyl sites for hydroxylation is 2. The molecule has 0 fully saturated rings. The molecule has 0 aromatic heterocycles. The van der Waals surface area contributed by atoms with E-state index in [0.717, 1.165) is 5.56 Å². The Kier molecular flexibility index (Phi) is 5.05. The first-order chi connectivity index (χ1) is 10.8. The van der Waals surface area contributed by atoms with E-state index in [1.54, 1.807) is 44.2 Å². The van der Waals surface area contributed by atoms with Crippen LogP contribution in [0.2, 0.25) is 0 Å². The Hall–Kier alpha value is -2.34. The standard InChI is InChI=1S/C17H19NO4S/c1-4-22-15-8-6-5-7-14(15)17(19)18-23(20,21)16-10-9-12(2)11-13(16)3/h5-11H,4H2,1-3H3,(H,18,19). The van der Waals surface area contributed by atoms with E-state index >= 15 is 0 Å². The van der Waals surface area contributed by atoms with Crippen LogP contribution in [0.5, 0.6) is 5.75 Å². The van der Waals surface area contributed by atoms with Crippen LogP contribution in [0.4, 0.5) is 0 Å². The normalized spacial score (nSPS) is 11.1. The van der Waals surface area contributed by atoms with Crippen molar-refractivity contribution in [2.75, 3.05) is 6.61 Å². The van der Waals surface area contributed by atoms with E-state index in [1.807, 2.05) is 6.92 Å². The van der Waals surface area contributed by atoms with Gasteiger partial charge >= 0.3 is 0 Å². The van der Waals surface area contributed by atoms with Crippen molar-refractivity contribution in [1.82, 2.24) is 4.72 Å². The molecule has 2 rings (SSSR count). The highest BCUT2D eigenvalue weighted by Crippen LogP contribution is 2.20. The molecule has 0 aliphatic rings. The van der Waals surface area contributed by atoms with Crippen LogP contribution in [0.1, 0.15) is 28.4 Å². The van der Waals surface area contributed by atoms with Crippen LogP contribution in [-0.2, 0) is 10.0 Å². The third-order valence-corrected chi connectivity index (χ3v) is 4.77. The Morgan fingerprint density at radius 3 is 2.48 bits per heavy atom. The van der Waals surface area contributed by atoms with Gasteiger partial charge in [-0.15, -0.1) is 0 Å². The van der Waals surface area contributed by atoms with Gasteiger partial charge in [0.2, 0.25) is 0 Å². The summed E-state index contributed by atoms with van der Waals surface area (Å²) in [5.41, 5.74) is 1.72. The lowest BCUT2D eigenvalue weighted by molar-refractivity contribution is 0.0977. The monoisotopic (exact) mass is 333 g/mol. The second-order valence-electron chi connectivity index (χ2n) is 5.13. The molecule has 0 aliphatic heterocycles. The molecule has 0 spiro atoms. The molecule has 2 aromatic rings. The van der Waals surface area contributed by atoms with Crippen molar-refractivity contribution in [1.29, 1.82) is 0 Å². The summed E-state index contributed by atoms with van der Waals surface area (Å²) >= 11 is 0. The minimum atomic E-state index is -3.94. The van der Waals surface area contributed by atoms with Crippen LogP contribution in [0.15, 0.2) is 47.4 Å². The maximum Gasteiger partial charge on any atom is 0.268 e. The summed E-state index contributed by atoms with van der Waals surface area (Å²) in [7, 11) is -3.94. The van der Waals surface area contributed by atoms with E-state index < -0.39 is 15.9 Å². The van der Waals surface area contributed by atoms with Gasteiger partial charge in [-0.2, -0.15) is 0 Å². The zero-order valence-corrected chi connectivity index (χ0v) is 14.1. The molecule has 5 nitrogen and oxygen atoms in total. The maximum absolute atomic E-state index is 12.4. The van der Waals surface area contributed by atoms with Crippen LogP contribution >= 0.6 is 0 Å². The Morgan fingerprint density at radius 1 is 1.13 bits per heavy atom. The second kappa shape index (κ2) is 6.83. The number of hydrogen-bond acceptors (Lipinski definition) is 4. The van der Waals surface area contributed by atoms with Gasteiger partial charge in [-0.1, -0.05) is 29.8 Å².